The third-order valence-corrected chi connectivity index (χ3v) is 3.22. The Balaban J connectivity index is 3.03. The van der Waals surface area contributed by atoms with Gasteiger partial charge in [-0.25, -0.2) is 21.9 Å². The number of rotatable bonds is 4. The summed E-state index contributed by atoms with van der Waals surface area (Å²) in [5.74, 6) is -2.67. The van der Waals surface area contributed by atoms with Crippen LogP contribution < -0.4 is 4.72 Å². The molecule has 0 aromatic heterocycles. The maximum atomic E-state index is 13.2. The van der Waals surface area contributed by atoms with Gasteiger partial charge in [0, 0.05) is 6.54 Å². The summed E-state index contributed by atoms with van der Waals surface area (Å²) in [6.45, 7) is 1.10. The van der Waals surface area contributed by atoms with Crippen molar-refractivity contribution in [3.8, 4) is 0 Å². The number of aliphatic hydroxyl groups excluding tert-OH is 1. The van der Waals surface area contributed by atoms with Gasteiger partial charge in [0.05, 0.1) is 6.10 Å². The largest absolute Gasteiger partial charge is 0.392 e. The number of sulfonamides is 1. The van der Waals surface area contributed by atoms with Crippen LogP contribution in [0.5, 0.6) is 0 Å². The fourth-order valence-corrected chi connectivity index (χ4v) is 2.21. The van der Waals surface area contributed by atoms with Crippen molar-refractivity contribution in [3.05, 3.63) is 29.8 Å². The molecule has 0 fully saturated rings. The van der Waals surface area contributed by atoms with Crippen LogP contribution in [0.4, 0.5) is 8.78 Å². The molecule has 0 aliphatic heterocycles. The molecule has 1 rings (SSSR count). The van der Waals surface area contributed by atoms with Crippen LogP contribution in [0.1, 0.15) is 6.92 Å². The first-order valence-electron chi connectivity index (χ1n) is 4.46. The molecule has 0 bridgehead atoms. The molecule has 0 aliphatic rings. The van der Waals surface area contributed by atoms with Gasteiger partial charge >= 0.3 is 0 Å². The molecule has 0 spiro atoms. The molecule has 0 aliphatic carbocycles. The lowest BCUT2D eigenvalue weighted by Crippen LogP contribution is -2.31. The first kappa shape index (κ1) is 13.0. The highest BCUT2D eigenvalue weighted by Gasteiger charge is 2.21. The normalized spacial score (nSPS) is 13.8. The van der Waals surface area contributed by atoms with Gasteiger partial charge in [0.2, 0.25) is 10.0 Å². The number of benzene rings is 1. The van der Waals surface area contributed by atoms with Crippen molar-refractivity contribution in [2.24, 2.45) is 0 Å². The average Bonchev–Trinajstić information content (AvgIpc) is 2.19. The Hall–Kier alpha value is -1.05. The molecule has 0 saturated heterocycles. The van der Waals surface area contributed by atoms with E-state index in [2.05, 4.69) is 0 Å². The van der Waals surface area contributed by atoms with E-state index in [1.165, 1.54) is 6.92 Å². The monoisotopic (exact) mass is 251 g/mol. The molecule has 90 valence electrons. The van der Waals surface area contributed by atoms with Crippen LogP contribution in [0.2, 0.25) is 0 Å². The summed E-state index contributed by atoms with van der Waals surface area (Å²) < 4.78 is 50.9. The third kappa shape index (κ3) is 2.97. The molecular formula is C9H11F2NO3S. The van der Waals surface area contributed by atoms with Crippen molar-refractivity contribution in [3.63, 3.8) is 0 Å². The fraction of sp³-hybridized carbons (Fsp3) is 0.333. The topological polar surface area (TPSA) is 66.4 Å². The van der Waals surface area contributed by atoms with E-state index in [4.69, 9.17) is 5.11 Å². The van der Waals surface area contributed by atoms with E-state index < -0.39 is 32.7 Å². The maximum absolute atomic E-state index is 13.2. The lowest BCUT2D eigenvalue weighted by atomic mass is 10.3. The highest BCUT2D eigenvalue weighted by Crippen LogP contribution is 2.16. The maximum Gasteiger partial charge on any atom is 0.243 e. The van der Waals surface area contributed by atoms with Crippen LogP contribution in [0.15, 0.2) is 23.1 Å². The molecule has 16 heavy (non-hydrogen) atoms. The Morgan fingerprint density at radius 2 is 2.06 bits per heavy atom. The van der Waals surface area contributed by atoms with E-state index in [0.717, 1.165) is 18.2 Å². The van der Waals surface area contributed by atoms with Crippen molar-refractivity contribution in [1.29, 1.82) is 0 Å². The lowest BCUT2D eigenvalue weighted by Gasteiger charge is -2.09. The highest BCUT2D eigenvalue weighted by molar-refractivity contribution is 7.89. The Morgan fingerprint density at radius 1 is 1.44 bits per heavy atom. The van der Waals surface area contributed by atoms with Crippen LogP contribution in [-0.4, -0.2) is 26.2 Å². The summed E-state index contributed by atoms with van der Waals surface area (Å²) in [5.41, 5.74) is 0. The Labute approximate surface area is 92.0 Å². The summed E-state index contributed by atoms with van der Waals surface area (Å²) in [4.78, 5) is -0.770. The summed E-state index contributed by atoms with van der Waals surface area (Å²) in [6, 6.07) is 2.86. The predicted molar refractivity (Wildman–Crippen MR) is 53.2 cm³/mol. The summed E-state index contributed by atoms with van der Waals surface area (Å²) in [6.07, 6.45) is -0.911. The zero-order valence-electron chi connectivity index (χ0n) is 8.44. The Bertz CT molecular complexity index is 474. The zero-order chi connectivity index (χ0) is 12.3. The Kier molecular flexibility index (Phi) is 3.95. The molecule has 4 nitrogen and oxygen atoms in total. The summed E-state index contributed by atoms with van der Waals surface area (Å²) in [5, 5.41) is 8.89. The van der Waals surface area contributed by atoms with E-state index in [-0.39, 0.29) is 6.54 Å². The molecule has 7 heteroatoms. The van der Waals surface area contributed by atoms with Crippen LogP contribution in [-0.2, 0) is 10.0 Å². The van der Waals surface area contributed by atoms with E-state index in [9.17, 15) is 17.2 Å². The number of hydrogen-bond acceptors (Lipinski definition) is 3. The minimum Gasteiger partial charge on any atom is -0.392 e. The van der Waals surface area contributed by atoms with Gasteiger partial charge in [-0.1, -0.05) is 6.07 Å². The SMILES string of the molecule is CC(O)CNS(=O)(=O)c1cccc(F)c1F. The van der Waals surface area contributed by atoms with Gasteiger partial charge in [-0.2, -0.15) is 0 Å². The second-order valence-electron chi connectivity index (χ2n) is 3.25. The van der Waals surface area contributed by atoms with Gasteiger partial charge in [-0.05, 0) is 19.1 Å². The molecule has 1 aromatic rings. The molecule has 0 heterocycles. The fourth-order valence-electron chi connectivity index (χ4n) is 1.000. The number of hydrogen-bond donors (Lipinski definition) is 2. The van der Waals surface area contributed by atoms with E-state index in [1.807, 2.05) is 4.72 Å². The molecule has 2 N–H and O–H groups in total. The van der Waals surface area contributed by atoms with Crippen molar-refractivity contribution in [1.82, 2.24) is 4.72 Å². The van der Waals surface area contributed by atoms with Crippen LogP contribution >= 0.6 is 0 Å². The van der Waals surface area contributed by atoms with E-state index in [0.29, 0.717) is 0 Å². The molecular weight excluding hydrogens is 240 g/mol. The molecule has 1 unspecified atom stereocenters. The smallest absolute Gasteiger partial charge is 0.243 e. The molecule has 0 amide bonds. The van der Waals surface area contributed by atoms with Gasteiger partial charge < -0.3 is 5.11 Å². The van der Waals surface area contributed by atoms with E-state index >= 15 is 0 Å². The first-order chi connectivity index (χ1) is 7.34. The van der Waals surface area contributed by atoms with Crippen molar-refractivity contribution in [2.75, 3.05) is 6.54 Å². The van der Waals surface area contributed by atoms with Gasteiger partial charge in [0.15, 0.2) is 11.6 Å². The van der Waals surface area contributed by atoms with Crippen LogP contribution in [0.3, 0.4) is 0 Å². The number of aliphatic hydroxyl groups is 1. The Morgan fingerprint density at radius 3 is 2.62 bits per heavy atom. The average molecular weight is 251 g/mol. The minimum atomic E-state index is -4.13. The standard InChI is InChI=1S/C9H11F2NO3S/c1-6(13)5-12-16(14,15)8-4-2-3-7(10)9(8)11/h2-4,6,12-13H,5H2,1H3. The third-order valence-electron chi connectivity index (χ3n) is 1.77. The molecule has 1 atom stereocenters. The van der Waals surface area contributed by atoms with Crippen molar-refractivity contribution < 1.29 is 22.3 Å². The van der Waals surface area contributed by atoms with Gasteiger partial charge in [0.25, 0.3) is 0 Å². The summed E-state index contributed by atoms with van der Waals surface area (Å²) in [7, 11) is -4.13. The first-order valence-corrected chi connectivity index (χ1v) is 5.94. The lowest BCUT2D eigenvalue weighted by molar-refractivity contribution is 0.198. The second kappa shape index (κ2) is 4.86. The number of halogens is 2. The van der Waals surface area contributed by atoms with Crippen LogP contribution in [0, 0.1) is 11.6 Å². The highest BCUT2D eigenvalue weighted by atomic mass is 32.2. The molecule has 0 radical (unpaired) electrons. The van der Waals surface area contributed by atoms with E-state index in [1.54, 1.807) is 0 Å². The molecule has 0 saturated carbocycles. The van der Waals surface area contributed by atoms with Gasteiger partial charge in [-0.3, -0.25) is 0 Å². The van der Waals surface area contributed by atoms with Crippen molar-refractivity contribution in [2.45, 2.75) is 17.9 Å². The van der Waals surface area contributed by atoms with Gasteiger partial charge in [-0.15, -0.1) is 0 Å². The zero-order valence-corrected chi connectivity index (χ0v) is 9.26. The van der Waals surface area contributed by atoms with Crippen LogP contribution in [0.25, 0.3) is 0 Å². The quantitative estimate of drug-likeness (QED) is 0.824. The minimum absolute atomic E-state index is 0.266. The second-order valence-corrected chi connectivity index (χ2v) is 4.99. The van der Waals surface area contributed by atoms with Gasteiger partial charge in [0.1, 0.15) is 4.90 Å². The summed E-state index contributed by atoms with van der Waals surface area (Å²) >= 11 is 0. The van der Waals surface area contributed by atoms with Crippen molar-refractivity contribution >= 4 is 10.0 Å². The molecule has 1 aromatic carbocycles. The predicted octanol–water partition coefficient (Wildman–Crippen LogP) is 0.624. The number of nitrogens with one attached hydrogen (secondary N) is 1.